The Morgan fingerprint density at radius 3 is 2.61 bits per heavy atom. The summed E-state index contributed by atoms with van der Waals surface area (Å²) < 4.78 is 0. The van der Waals surface area contributed by atoms with Crippen molar-refractivity contribution in [3.63, 3.8) is 0 Å². The molecule has 4 heterocycles. The third-order valence-electron chi connectivity index (χ3n) is 4.95. The van der Waals surface area contributed by atoms with Crippen LogP contribution in [-0.4, -0.2) is 49.0 Å². The van der Waals surface area contributed by atoms with Crippen molar-refractivity contribution in [2.24, 2.45) is 0 Å². The summed E-state index contributed by atoms with van der Waals surface area (Å²) in [5, 5.41) is 6.89. The first-order valence-electron chi connectivity index (χ1n) is 9.04. The molecule has 0 saturated carbocycles. The summed E-state index contributed by atoms with van der Waals surface area (Å²) in [7, 11) is 0. The van der Waals surface area contributed by atoms with E-state index in [1.54, 1.807) is 35.5 Å². The molecular formula is C19H19ClN6O2. The van der Waals surface area contributed by atoms with Gasteiger partial charge in [-0.05, 0) is 38.0 Å². The van der Waals surface area contributed by atoms with Crippen LogP contribution in [0.1, 0.15) is 40.6 Å². The second-order valence-corrected chi connectivity index (χ2v) is 7.22. The molecule has 1 amide bonds. The van der Waals surface area contributed by atoms with Crippen LogP contribution >= 0.6 is 11.6 Å². The first-order valence-corrected chi connectivity index (χ1v) is 9.42. The Hall–Kier alpha value is -3.00. The summed E-state index contributed by atoms with van der Waals surface area (Å²) in [4.78, 5) is 38.0. The van der Waals surface area contributed by atoms with E-state index in [1.165, 1.54) is 0 Å². The third-order valence-corrected chi connectivity index (χ3v) is 5.31. The normalized spacial score (nSPS) is 15.0. The molecule has 3 aromatic heterocycles. The van der Waals surface area contributed by atoms with Crippen molar-refractivity contribution in [3.05, 3.63) is 63.1 Å². The van der Waals surface area contributed by atoms with Gasteiger partial charge in [0.2, 0.25) is 0 Å². The summed E-state index contributed by atoms with van der Waals surface area (Å²) in [5.74, 6) is 0.419. The van der Waals surface area contributed by atoms with Crippen LogP contribution in [0, 0.1) is 6.92 Å². The molecule has 4 rings (SSSR count). The monoisotopic (exact) mass is 398 g/mol. The molecule has 144 valence electrons. The molecule has 1 saturated heterocycles. The van der Waals surface area contributed by atoms with E-state index >= 15 is 0 Å². The molecule has 1 aliphatic heterocycles. The summed E-state index contributed by atoms with van der Waals surface area (Å²) in [6.45, 7) is 2.97. The van der Waals surface area contributed by atoms with Crippen LogP contribution < -0.4 is 5.56 Å². The molecule has 1 fully saturated rings. The lowest BCUT2D eigenvalue weighted by atomic mass is 9.93. The van der Waals surface area contributed by atoms with Gasteiger partial charge < -0.3 is 9.88 Å². The number of aryl methyl sites for hydroxylation is 1. The maximum absolute atomic E-state index is 12.6. The number of hydrogen-bond donors (Lipinski definition) is 2. The zero-order valence-electron chi connectivity index (χ0n) is 15.3. The fraction of sp³-hybridized carbons (Fsp3) is 0.316. The Balaban J connectivity index is 1.54. The molecule has 2 N–H and O–H groups in total. The van der Waals surface area contributed by atoms with E-state index in [1.807, 2.05) is 6.92 Å². The van der Waals surface area contributed by atoms with Gasteiger partial charge in [-0.15, -0.1) is 0 Å². The van der Waals surface area contributed by atoms with Gasteiger partial charge in [-0.1, -0.05) is 11.6 Å². The quantitative estimate of drug-likeness (QED) is 0.704. The second kappa shape index (κ2) is 7.55. The summed E-state index contributed by atoms with van der Waals surface area (Å²) in [6, 6.07) is 5.30. The molecule has 0 spiro atoms. The lowest BCUT2D eigenvalue weighted by molar-refractivity contribution is 0.0706. The number of hydrogen-bond acceptors (Lipinski definition) is 5. The molecule has 0 unspecified atom stereocenters. The van der Waals surface area contributed by atoms with Crippen LogP contribution in [0.4, 0.5) is 0 Å². The Bertz CT molecular complexity index is 1050. The van der Waals surface area contributed by atoms with Gasteiger partial charge in [0.1, 0.15) is 16.5 Å². The molecule has 0 atom stereocenters. The molecule has 8 nitrogen and oxygen atoms in total. The van der Waals surface area contributed by atoms with E-state index < -0.39 is 0 Å². The van der Waals surface area contributed by atoms with Crippen LogP contribution in [-0.2, 0) is 0 Å². The number of halogens is 1. The number of likely N-dealkylation sites (tertiary alicyclic amines) is 1. The van der Waals surface area contributed by atoms with E-state index in [-0.39, 0.29) is 22.4 Å². The Morgan fingerprint density at radius 1 is 1.25 bits per heavy atom. The Morgan fingerprint density at radius 2 is 1.96 bits per heavy atom. The minimum atomic E-state index is -0.357. The maximum Gasteiger partial charge on any atom is 0.271 e. The highest BCUT2D eigenvalue weighted by molar-refractivity contribution is 6.31. The summed E-state index contributed by atoms with van der Waals surface area (Å²) in [6.07, 6.45) is 4.66. The maximum atomic E-state index is 12.6. The zero-order valence-corrected chi connectivity index (χ0v) is 16.0. The SMILES string of the molecule is Cc1cc(C(=O)N2CCC(c3nc(-c4ccncc4)[nH]c(=O)c3Cl)CC2)[nH]n1. The lowest BCUT2D eigenvalue weighted by Crippen LogP contribution is -2.38. The van der Waals surface area contributed by atoms with Crippen LogP contribution in [0.15, 0.2) is 35.4 Å². The highest BCUT2D eigenvalue weighted by Gasteiger charge is 2.28. The molecule has 1 aliphatic rings. The number of nitrogens with zero attached hydrogens (tertiary/aromatic N) is 4. The van der Waals surface area contributed by atoms with E-state index in [0.29, 0.717) is 43.1 Å². The van der Waals surface area contributed by atoms with Gasteiger partial charge in [0.05, 0.1) is 11.4 Å². The number of H-pyrrole nitrogens is 2. The average Bonchev–Trinajstić information content (AvgIpc) is 3.16. The predicted octanol–water partition coefficient (Wildman–Crippen LogP) is 2.54. The molecule has 3 aromatic rings. The lowest BCUT2D eigenvalue weighted by Gasteiger charge is -2.31. The fourth-order valence-electron chi connectivity index (χ4n) is 3.45. The molecule has 0 aromatic carbocycles. The first-order chi connectivity index (χ1) is 13.5. The summed E-state index contributed by atoms with van der Waals surface area (Å²) in [5.41, 5.74) is 2.27. The van der Waals surface area contributed by atoms with Crippen molar-refractivity contribution >= 4 is 17.5 Å². The van der Waals surface area contributed by atoms with Gasteiger partial charge in [0, 0.05) is 37.0 Å². The number of rotatable bonds is 3. The van der Waals surface area contributed by atoms with E-state index in [2.05, 4.69) is 25.1 Å². The summed E-state index contributed by atoms with van der Waals surface area (Å²) >= 11 is 6.27. The van der Waals surface area contributed by atoms with Crippen molar-refractivity contribution in [1.82, 2.24) is 30.0 Å². The van der Waals surface area contributed by atoms with Crippen LogP contribution in [0.2, 0.25) is 5.02 Å². The molecule has 0 radical (unpaired) electrons. The van der Waals surface area contributed by atoms with Crippen molar-refractivity contribution in [1.29, 1.82) is 0 Å². The number of piperidine rings is 1. The van der Waals surface area contributed by atoms with E-state index in [0.717, 1.165) is 11.3 Å². The van der Waals surface area contributed by atoms with Crippen LogP contribution in [0.3, 0.4) is 0 Å². The number of nitrogens with one attached hydrogen (secondary N) is 2. The van der Waals surface area contributed by atoms with Gasteiger partial charge in [-0.2, -0.15) is 5.10 Å². The molecular weight excluding hydrogens is 380 g/mol. The topological polar surface area (TPSA) is 108 Å². The highest BCUT2D eigenvalue weighted by Crippen LogP contribution is 2.31. The fourth-order valence-corrected chi connectivity index (χ4v) is 3.69. The average molecular weight is 399 g/mol. The van der Waals surface area contributed by atoms with E-state index in [4.69, 9.17) is 11.6 Å². The van der Waals surface area contributed by atoms with Gasteiger partial charge in [-0.25, -0.2) is 4.98 Å². The number of pyridine rings is 1. The number of carbonyl (C=O) groups excluding carboxylic acids is 1. The number of carbonyl (C=O) groups is 1. The first kappa shape index (κ1) is 18.4. The third kappa shape index (κ3) is 3.55. The Kier molecular flexibility index (Phi) is 4.95. The van der Waals surface area contributed by atoms with Crippen LogP contribution in [0.25, 0.3) is 11.4 Å². The molecule has 28 heavy (non-hydrogen) atoms. The van der Waals surface area contributed by atoms with Gasteiger partial charge in [-0.3, -0.25) is 19.7 Å². The zero-order chi connectivity index (χ0) is 19.7. The number of aromatic nitrogens is 5. The predicted molar refractivity (Wildman–Crippen MR) is 104 cm³/mol. The van der Waals surface area contributed by atoms with Gasteiger partial charge in [0.15, 0.2) is 0 Å². The van der Waals surface area contributed by atoms with Crippen molar-refractivity contribution in [2.45, 2.75) is 25.7 Å². The highest BCUT2D eigenvalue weighted by atomic mass is 35.5. The van der Waals surface area contributed by atoms with E-state index in [9.17, 15) is 9.59 Å². The van der Waals surface area contributed by atoms with Crippen LogP contribution in [0.5, 0.6) is 0 Å². The van der Waals surface area contributed by atoms with Crippen molar-refractivity contribution in [3.8, 4) is 11.4 Å². The van der Waals surface area contributed by atoms with Gasteiger partial charge >= 0.3 is 0 Å². The number of amides is 1. The standard InChI is InChI=1S/C19H19ClN6O2/c1-11-10-14(25-24-11)19(28)26-8-4-12(5-9-26)16-15(20)18(27)23-17(22-16)13-2-6-21-7-3-13/h2-3,6-7,10,12H,4-5,8-9H2,1H3,(H,24,25)(H,22,23,27). The Labute approximate surface area is 166 Å². The largest absolute Gasteiger partial charge is 0.337 e. The molecule has 9 heteroatoms. The minimum absolute atomic E-state index is 0.0166. The minimum Gasteiger partial charge on any atom is -0.337 e. The molecule has 0 bridgehead atoms. The smallest absolute Gasteiger partial charge is 0.271 e. The van der Waals surface area contributed by atoms with Gasteiger partial charge in [0.25, 0.3) is 11.5 Å². The second-order valence-electron chi connectivity index (χ2n) is 6.84. The van der Waals surface area contributed by atoms with Crippen molar-refractivity contribution in [2.75, 3.05) is 13.1 Å². The molecule has 0 aliphatic carbocycles. The van der Waals surface area contributed by atoms with Crippen molar-refractivity contribution < 1.29 is 4.79 Å². The number of aromatic amines is 2.